The number of amides is 6. The molecule has 6 heterocycles. The number of imide groups is 2. The average Bonchev–Trinajstić information content (AvgIpc) is 3.94. The molecule has 1 aromatic heterocycles. The molecule has 9 rings (SSSR count). The van der Waals surface area contributed by atoms with Gasteiger partial charge in [0.15, 0.2) is 5.13 Å². The number of carbonyl (C=O) groups excluding carboxylic acids is 6. The molecule has 3 N–H and O–H groups in total. The Labute approximate surface area is 346 Å². The molecule has 5 aliphatic rings. The molecule has 18 heteroatoms. The van der Waals surface area contributed by atoms with Crippen LogP contribution in [0.2, 0.25) is 0 Å². The highest BCUT2D eigenvalue weighted by molar-refractivity contribution is 7.13. The number of hydrogen-bond donors (Lipinski definition) is 3. The van der Waals surface area contributed by atoms with Crippen LogP contribution < -0.4 is 15.5 Å². The Morgan fingerprint density at radius 3 is 2.42 bits per heavy atom. The topological polar surface area (TPSA) is 176 Å². The summed E-state index contributed by atoms with van der Waals surface area (Å²) in [6.07, 6.45) is 3.27. The average molecular weight is 839 g/mol. The lowest BCUT2D eigenvalue weighted by atomic mass is 10.0. The van der Waals surface area contributed by atoms with E-state index in [-0.39, 0.29) is 48.4 Å². The molecule has 2 atom stereocenters. The lowest BCUT2D eigenvalue weighted by molar-refractivity contribution is -0.136. The van der Waals surface area contributed by atoms with Crippen molar-refractivity contribution in [3.63, 3.8) is 0 Å². The first kappa shape index (κ1) is 39.4. The van der Waals surface area contributed by atoms with Gasteiger partial charge in [-0.3, -0.25) is 54.1 Å². The number of rotatable bonds is 9. The van der Waals surface area contributed by atoms with Crippen molar-refractivity contribution in [2.24, 2.45) is 0 Å². The minimum Gasteiger partial charge on any atom is -0.508 e. The van der Waals surface area contributed by atoms with E-state index in [1.54, 1.807) is 5.38 Å². The fourth-order valence-electron chi connectivity index (χ4n) is 9.07. The quantitative estimate of drug-likeness (QED) is 0.210. The van der Waals surface area contributed by atoms with E-state index in [1.165, 1.54) is 34.6 Å². The van der Waals surface area contributed by atoms with Crippen LogP contribution >= 0.6 is 11.3 Å². The van der Waals surface area contributed by atoms with Gasteiger partial charge in [0.2, 0.25) is 11.8 Å². The third kappa shape index (κ3) is 7.17. The highest BCUT2D eigenvalue weighted by Crippen LogP contribution is 2.38. The van der Waals surface area contributed by atoms with Gasteiger partial charge in [-0.1, -0.05) is 12.1 Å². The fourth-order valence-corrected chi connectivity index (χ4v) is 9.60. The number of phenolic OH excluding ortho intramolecular Hbond substituents is 1. The van der Waals surface area contributed by atoms with Crippen LogP contribution in [0.15, 0.2) is 60.1 Å². The van der Waals surface area contributed by atoms with Gasteiger partial charge in [-0.25, -0.2) is 13.8 Å². The predicted octanol–water partition coefficient (Wildman–Crippen LogP) is 3.65. The van der Waals surface area contributed by atoms with E-state index in [9.17, 15) is 38.3 Å². The number of phenols is 1. The molecule has 15 nitrogen and oxygen atoms in total. The second-order valence-electron chi connectivity index (χ2n) is 15.6. The van der Waals surface area contributed by atoms with E-state index < -0.39 is 59.2 Å². The SMILES string of the molecule is O=C1CCC(N2C(=O)c3ccc(CN4CCN(C5CCN(c6ccc7c(c6)C(=O)N(C(C(=O)Nc6nccs6)c6cc(F)ccc6O)C7)CC5)CC4)c(F)c3C2=O)C(=O)N1. The molecule has 4 aromatic rings. The van der Waals surface area contributed by atoms with Gasteiger partial charge in [0, 0.05) is 98.8 Å². The number of piperazine rings is 1. The fraction of sp³-hybridized carbons (Fsp3) is 0.357. The molecule has 310 valence electrons. The van der Waals surface area contributed by atoms with Gasteiger partial charge in [0.25, 0.3) is 23.6 Å². The van der Waals surface area contributed by atoms with Crippen molar-refractivity contribution in [2.45, 2.75) is 56.9 Å². The second kappa shape index (κ2) is 15.8. The highest BCUT2D eigenvalue weighted by Gasteiger charge is 2.46. The number of anilines is 2. The van der Waals surface area contributed by atoms with E-state index in [1.807, 2.05) is 18.2 Å². The summed E-state index contributed by atoms with van der Waals surface area (Å²) in [6.45, 7) is 4.71. The molecule has 0 bridgehead atoms. The number of piperidine rings is 2. The van der Waals surface area contributed by atoms with Gasteiger partial charge in [-0.15, -0.1) is 11.3 Å². The number of nitrogens with zero attached hydrogens (tertiary/aromatic N) is 6. The first-order valence-electron chi connectivity index (χ1n) is 19.8. The van der Waals surface area contributed by atoms with Crippen LogP contribution in [0, 0.1) is 11.6 Å². The van der Waals surface area contributed by atoms with Crippen molar-refractivity contribution < 1.29 is 42.7 Å². The summed E-state index contributed by atoms with van der Waals surface area (Å²) in [5.74, 6) is -5.59. The van der Waals surface area contributed by atoms with Gasteiger partial charge in [0.1, 0.15) is 29.5 Å². The zero-order valence-electron chi connectivity index (χ0n) is 32.2. The molecule has 60 heavy (non-hydrogen) atoms. The molecular formula is C42H40F2N8O7S. The molecule has 0 spiro atoms. The molecule has 0 radical (unpaired) electrons. The maximum Gasteiger partial charge on any atom is 0.265 e. The van der Waals surface area contributed by atoms with Crippen LogP contribution in [0.5, 0.6) is 5.75 Å². The number of benzene rings is 3. The second-order valence-corrected chi connectivity index (χ2v) is 16.5. The highest BCUT2D eigenvalue weighted by atomic mass is 32.1. The standard InChI is InChI=1S/C42H40F2N8O7S/c43-25-3-7-32(53)30(19-25)36(38(56)47-42-45-11-18-60-42)51-22-23-1-4-27(20-29(23)39(51)57)49-12-9-26(10-13-49)50-16-14-48(15-17-50)21-24-2-5-28-34(35(24)44)41(59)52(40(28)58)31-6-8-33(54)46-37(31)55/h1-5,7,11,18-20,26,31,36,53H,6,8-10,12-17,21-22H2,(H,45,47,56)(H,46,54,55). The van der Waals surface area contributed by atoms with Crippen LogP contribution in [0.4, 0.5) is 19.6 Å². The molecule has 3 aromatic carbocycles. The summed E-state index contributed by atoms with van der Waals surface area (Å²) >= 11 is 1.20. The van der Waals surface area contributed by atoms with Gasteiger partial charge >= 0.3 is 0 Å². The largest absolute Gasteiger partial charge is 0.508 e. The van der Waals surface area contributed by atoms with Gasteiger partial charge < -0.3 is 14.9 Å². The summed E-state index contributed by atoms with van der Waals surface area (Å²) < 4.78 is 30.3. The number of hydrogen-bond acceptors (Lipinski definition) is 12. The number of carbonyl (C=O) groups is 6. The Morgan fingerprint density at radius 1 is 0.900 bits per heavy atom. The lowest BCUT2D eigenvalue weighted by Gasteiger charge is -2.43. The molecule has 3 fully saturated rings. The first-order valence-corrected chi connectivity index (χ1v) is 20.7. The van der Waals surface area contributed by atoms with E-state index >= 15 is 4.39 Å². The zero-order valence-corrected chi connectivity index (χ0v) is 33.1. The van der Waals surface area contributed by atoms with Crippen molar-refractivity contribution in [1.82, 2.24) is 29.9 Å². The zero-order chi connectivity index (χ0) is 41.8. The van der Waals surface area contributed by atoms with Crippen molar-refractivity contribution in [3.05, 3.63) is 105 Å². The molecule has 3 saturated heterocycles. The van der Waals surface area contributed by atoms with Crippen molar-refractivity contribution in [2.75, 3.05) is 49.5 Å². The molecule has 5 aliphatic heterocycles. The number of thiazole rings is 1. The Morgan fingerprint density at radius 2 is 1.68 bits per heavy atom. The van der Waals surface area contributed by atoms with Crippen molar-refractivity contribution in [1.29, 1.82) is 0 Å². The van der Waals surface area contributed by atoms with Crippen molar-refractivity contribution >= 4 is 57.6 Å². The minimum absolute atomic E-state index is 0.00613. The van der Waals surface area contributed by atoms with Crippen LogP contribution in [-0.4, -0.2) is 116 Å². The van der Waals surface area contributed by atoms with Crippen LogP contribution in [0.25, 0.3) is 0 Å². The van der Waals surface area contributed by atoms with Gasteiger partial charge in [0.05, 0.1) is 11.1 Å². The summed E-state index contributed by atoms with van der Waals surface area (Å²) in [5, 5.41) is 17.5. The number of aromatic nitrogens is 1. The monoisotopic (exact) mass is 838 g/mol. The first-order chi connectivity index (χ1) is 28.9. The summed E-state index contributed by atoms with van der Waals surface area (Å²) in [4.78, 5) is 91.1. The molecular weight excluding hydrogens is 799 g/mol. The Bertz CT molecular complexity index is 2430. The Kier molecular flexibility index (Phi) is 10.4. The van der Waals surface area contributed by atoms with Crippen molar-refractivity contribution in [3.8, 4) is 5.75 Å². The number of aromatic hydroxyl groups is 1. The predicted molar refractivity (Wildman–Crippen MR) is 213 cm³/mol. The minimum atomic E-state index is -1.32. The maximum absolute atomic E-state index is 15.9. The number of fused-ring (bicyclic) bond motifs is 2. The molecule has 0 aliphatic carbocycles. The molecule has 0 saturated carbocycles. The smallest absolute Gasteiger partial charge is 0.265 e. The van der Waals surface area contributed by atoms with Gasteiger partial charge in [-0.05, 0) is 61.2 Å². The van der Waals surface area contributed by atoms with E-state index in [0.717, 1.165) is 67.8 Å². The van der Waals surface area contributed by atoms with Gasteiger partial charge in [-0.2, -0.15) is 0 Å². The maximum atomic E-state index is 15.9. The normalized spacial score (nSPS) is 20.7. The molecule has 6 amide bonds. The molecule has 2 unspecified atom stereocenters. The van der Waals surface area contributed by atoms with Crippen LogP contribution in [0.1, 0.15) is 79.5 Å². The summed E-state index contributed by atoms with van der Waals surface area (Å²) in [7, 11) is 0. The number of nitrogens with one attached hydrogen (secondary N) is 2. The van der Waals surface area contributed by atoms with E-state index in [2.05, 4.69) is 30.3 Å². The van der Waals surface area contributed by atoms with Crippen LogP contribution in [0.3, 0.4) is 0 Å². The summed E-state index contributed by atoms with van der Waals surface area (Å²) in [5.41, 5.74) is 1.88. The van der Waals surface area contributed by atoms with E-state index in [4.69, 9.17) is 0 Å². The summed E-state index contributed by atoms with van der Waals surface area (Å²) in [6, 6.07) is 9.80. The van der Waals surface area contributed by atoms with Crippen LogP contribution in [-0.2, 0) is 27.5 Å². The Hall–Kier alpha value is -6.11. The van der Waals surface area contributed by atoms with E-state index in [0.29, 0.717) is 41.0 Å². The number of halogens is 2. The lowest BCUT2D eigenvalue weighted by Crippen LogP contribution is -2.54. The third-order valence-corrected chi connectivity index (χ3v) is 12.9. The third-order valence-electron chi connectivity index (χ3n) is 12.2. The Balaban J connectivity index is 0.805.